The van der Waals surface area contributed by atoms with Crippen LogP contribution >= 0.6 is 12.2 Å². The van der Waals surface area contributed by atoms with Gasteiger partial charge in [0.1, 0.15) is 5.82 Å². The molecule has 1 aromatic rings. The maximum Gasteiger partial charge on any atom is 0.172 e. The molecule has 1 heterocycles. The van der Waals surface area contributed by atoms with Gasteiger partial charge in [-0.2, -0.15) is 0 Å². The fraction of sp³-hybridized carbons (Fsp3) is 0.455. The summed E-state index contributed by atoms with van der Waals surface area (Å²) < 4.78 is 0. The zero-order valence-electron chi connectivity index (χ0n) is 9.37. The van der Waals surface area contributed by atoms with Gasteiger partial charge in [-0.1, -0.05) is 13.0 Å². The predicted octanol–water partition coefficient (Wildman–Crippen LogP) is 2.47. The smallest absolute Gasteiger partial charge is 0.172 e. The monoisotopic (exact) mass is 223 g/mol. The molecule has 15 heavy (non-hydrogen) atoms. The second-order valence-corrected chi connectivity index (χ2v) is 3.98. The lowest BCUT2D eigenvalue weighted by Crippen LogP contribution is -2.35. The Balaban J connectivity index is 2.55. The SMILES string of the molecule is CC[C@H](C)NC(=S)Nc1ncccc1C. The van der Waals surface area contributed by atoms with Crippen LogP contribution in [0, 0.1) is 6.92 Å². The van der Waals surface area contributed by atoms with Gasteiger partial charge in [0.25, 0.3) is 0 Å². The Morgan fingerprint density at radius 1 is 1.60 bits per heavy atom. The fourth-order valence-corrected chi connectivity index (χ4v) is 1.38. The van der Waals surface area contributed by atoms with Crippen molar-refractivity contribution in [2.75, 3.05) is 5.32 Å². The van der Waals surface area contributed by atoms with Crippen molar-refractivity contribution in [2.24, 2.45) is 0 Å². The number of hydrogen-bond acceptors (Lipinski definition) is 2. The minimum atomic E-state index is 0.383. The highest BCUT2D eigenvalue weighted by atomic mass is 32.1. The van der Waals surface area contributed by atoms with Crippen molar-refractivity contribution in [2.45, 2.75) is 33.2 Å². The third kappa shape index (κ3) is 3.83. The molecular formula is C11H17N3S. The number of nitrogens with zero attached hydrogens (tertiary/aromatic N) is 1. The summed E-state index contributed by atoms with van der Waals surface area (Å²) in [5, 5.41) is 6.90. The lowest BCUT2D eigenvalue weighted by molar-refractivity contribution is 0.646. The lowest BCUT2D eigenvalue weighted by Gasteiger charge is -2.15. The van der Waals surface area contributed by atoms with Crippen molar-refractivity contribution in [1.29, 1.82) is 0 Å². The van der Waals surface area contributed by atoms with Gasteiger partial charge in [0.15, 0.2) is 5.11 Å². The minimum Gasteiger partial charge on any atom is -0.360 e. The van der Waals surface area contributed by atoms with E-state index >= 15 is 0 Å². The van der Waals surface area contributed by atoms with Crippen molar-refractivity contribution in [1.82, 2.24) is 10.3 Å². The second-order valence-electron chi connectivity index (χ2n) is 3.58. The van der Waals surface area contributed by atoms with Crippen LogP contribution in [0.25, 0.3) is 0 Å². The third-order valence-corrected chi connectivity index (χ3v) is 2.45. The molecule has 4 heteroatoms. The van der Waals surface area contributed by atoms with E-state index in [4.69, 9.17) is 12.2 Å². The molecule has 0 aliphatic carbocycles. The van der Waals surface area contributed by atoms with E-state index in [9.17, 15) is 0 Å². The standard InChI is InChI=1S/C11H17N3S/c1-4-9(3)13-11(15)14-10-8(2)6-5-7-12-10/h5-7,9H,4H2,1-3H3,(H2,12,13,14,15)/t9-/m0/s1. The van der Waals surface area contributed by atoms with Gasteiger partial charge in [-0.15, -0.1) is 0 Å². The summed E-state index contributed by atoms with van der Waals surface area (Å²) in [6.45, 7) is 6.22. The molecule has 2 N–H and O–H groups in total. The molecule has 1 aromatic heterocycles. The number of rotatable bonds is 3. The summed E-state index contributed by atoms with van der Waals surface area (Å²) in [6.07, 6.45) is 2.80. The predicted molar refractivity (Wildman–Crippen MR) is 68.1 cm³/mol. The molecule has 0 radical (unpaired) electrons. The van der Waals surface area contributed by atoms with E-state index < -0.39 is 0 Å². The zero-order valence-corrected chi connectivity index (χ0v) is 10.2. The van der Waals surface area contributed by atoms with E-state index in [1.54, 1.807) is 6.20 Å². The maximum absolute atomic E-state index is 5.18. The highest BCUT2D eigenvalue weighted by Gasteiger charge is 2.03. The van der Waals surface area contributed by atoms with Gasteiger partial charge in [0, 0.05) is 12.2 Å². The quantitative estimate of drug-likeness (QED) is 0.772. The molecule has 0 saturated carbocycles. The lowest BCUT2D eigenvalue weighted by atomic mass is 10.3. The van der Waals surface area contributed by atoms with Crippen molar-refractivity contribution >= 4 is 23.1 Å². The Morgan fingerprint density at radius 2 is 2.33 bits per heavy atom. The third-order valence-electron chi connectivity index (χ3n) is 2.23. The molecule has 0 saturated heterocycles. The second kappa shape index (κ2) is 5.66. The van der Waals surface area contributed by atoms with Gasteiger partial charge in [-0.25, -0.2) is 4.98 Å². The van der Waals surface area contributed by atoms with Gasteiger partial charge >= 0.3 is 0 Å². The summed E-state index contributed by atoms with van der Waals surface area (Å²) in [5.74, 6) is 0.818. The molecular weight excluding hydrogens is 206 g/mol. The van der Waals surface area contributed by atoms with Gasteiger partial charge in [-0.05, 0) is 44.1 Å². The van der Waals surface area contributed by atoms with Crippen LogP contribution in [0.3, 0.4) is 0 Å². The van der Waals surface area contributed by atoms with Crippen LogP contribution in [0.5, 0.6) is 0 Å². The average molecular weight is 223 g/mol. The number of anilines is 1. The average Bonchev–Trinajstić information content (AvgIpc) is 2.21. The molecule has 0 fully saturated rings. The van der Waals surface area contributed by atoms with Crippen molar-refractivity contribution in [3.63, 3.8) is 0 Å². The first-order valence-electron chi connectivity index (χ1n) is 5.12. The topological polar surface area (TPSA) is 37.0 Å². The number of thiocarbonyl (C=S) groups is 1. The molecule has 82 valence electrons. The number of pyridine rings is 1. The summed E-state index contributed by atoms with van der Waals surface area (Å²) >= 11 is 5.18. The Hall–Kier alpha value is -1.16. The van der Waals surface area contributed by atoms with Crippen LogP contribution in [0.1, 0.15) is 25.8 Å². The Morgan fingerprint density at radius 3 is 2.93 bits per heavy atom. The highest BCUT2D eigenvalue weighted by molar-refractivity contribution is 7.80. The van der Waals surface area contributed by atoms with Crippen LogP contribution in [-0.4, -0.2) is 16.1 Å². The summed E-state index contributed by atoms with van der Waals surface area (Å²) in [7, 11) is 0. The van der Waals surface area contributed by atoms with Gasteiger partial charge < -0.3 is 10.6 Å². The molecule has 0 spiro atoms. The Kier molecular flexibility index (Phi) is 4.49. The fourth-order valence-electron chi connectivity index (χ4n) is 1.09. The van der Waals surface area contributed by atoms with Crippen LogP contribution in [0.4, 0.5) is 5.82 Å². The number of aryl methyl sites for hydroxylation is 1. The van der Waals surface area contributed by atoms with E-state index in [0.29, 0.717) is 11.2 Å². The highest BCUT2D eigenvalue weighted by Crippen LogP contribution is 2.08. The molecule has 0 aliphatic heterocycles. The molecule has 1 atom stereocenters. The summed E-state index contributed by atoms with van der Waals surface area (Å²) in [5.41, 5.74) is 1.09. The summed E-state index contributed by atoms with van der Waals surface area (Å²) in [6, 6.07) is 4.29. The molecule has 0 unspecified atom stereocenters. The van der Waals surface area contributed by atoms with Gasteiger partial charge in [-0.3, -0.25) is 0 Å². The molecule has 1 rings (SSSR count). The number of nitrogens with one attached hydrogen (secondary N) is 2. The normalized spacial score (nSPS) is 11.9. The number of hydrogen-bond donors (Lipinski definition) is 2. The van der Waals surface area contributed by atoms with Crippen LogP contribution in [0.15, 0.2) is 18.3 Å². The van der Waals surface area contributed by atoms with Crippen LogP contribution in [0.2, 0.25) is 0 Å². The Labute approximate surface area is 96.3 Å². The maximum atomic E-state index is 5.18. The first-order chi connectivity index (χ1) is 7.13. The van der Waals surface area contributed by atoms with E-state index in [0.717, 1.165) is 17.8 Å². The molecule has 3 nitrogen and oxygen atoms in total. The first kappa shape index (κ1) is 11.9. The van der Waals surface area contributed by atoms with E-state index in [-0.39, 0.29) is 0 Å². The largest absolute Gasteiger partial charge is 0.360 e. The van der Waals surface area contributed by atoms with Crippen molar-refractivity contribution in [3.05, 3.63) is 23.9 Å². The molecule has 0 aliphatic rings. The van der Waals surface area contributed by atoms with Crippen LogP contribution in [-0.2, 0) is 0 Å². The van der Waals surface area contributed by atoms with Crippen molar-refractivity contribution < 1.29 is 0 Å². The summed E-state index contributed by atoms with van der Waals surface area (Å²) in [4.78, 5) is 4.21. The van der Waals surface area contributed by atoms with Crippen LogP contribution < -0.4 is 10.6 Å². The van der Waals surface area contributed by atoms with Crippen molar-refractivity contribution in [3.8, 4) is 0 Å². The zero-order chi connectivity index (χ0) is 11.3. The Bertz CT molecular complexity index is 338. The minimum absolute atomic E-state index is 0.383. The number of aromatic nitrogens is 1. The van der Waals surface area contributed by atoms with Gasteiger partial charge in [0.05, 0.1) is 0 Å². The van der Waals surface area contributed by atoms with E-state index in [1.807, 2.05) is 19.1 Å². The molecule has 0 aromatic carbocycles. The van der Waals surface area contributed by atoms with E-state index in [1.165, 1.54) is 0 Å². The first-order valence-corrected chi connectivity index (χ1v) is 5.53. The van der Waals surface area contributed by atoms with Gasteiger partial charge in [0.2, 0.25) is 0 Å². The molecule has 0 bridgehead atoms. The molecule has 0 amide bonds. The van der Waals surface area contributed by atoms with E-state index in [2.05, 4.69) is 29.5 Å².